The summed E-state index contributed by atoms with van der Waals surface area (Å²) in [5.41, 5.74) is 5.52. The van der Waals surface area contributed by atoms with Gasteiger partial charge in [0.2, 0.25) is 0 Å². The maximum atomic E-state index is 12.0. The van der Waals surface area contributed by atoms with Crippen molar-refractivity contribution in [1.29, 1.82) is 0 Å². The van der Waals surface area contributed by atoms with Crippen LogP contribution in [0.3, 0.4) is 0 Å². The lowest BCUT2D eigenvalue weighted by Crippen LogP contribution is -2.43. The largest absolute Gasteiger partial charge is 0.486 e. The molecule has 7 nitrogen and oxygen atoms in total. The normalized spacial score (nSPS) is 10.3. The number of rotatable bonds is 8. The van der Waals surface area contributed by atoms with Crippen molar-refractivity contribution in [3.05, 3.63) is 89.9 Å². The Kier molecular flexibility index (Phi) is 6.81. The van der Waals surface area contributed by atoms with E-state index in [0.29, 0.717) is 18.1 Å². The summed E-state index contributed by atoms with van der Waals surface area (Å²) in [7, 11) is 0. The van der Waals surface area contributed by atoms with Crippen molar-refractivity contribution in [1.82, 2.24) is 10.9 Å². The lowest BCUT2D eigenvalue weighted by Gasteiger charge is -2.07. The van der Waals surface area contributed by atoms with Crippen LogP contribution in [0.4, 0.5) is 0 Å². The number of ether oxygens (including phenoxy) is 2. The number of nitrogens with one attached hydrogen (secondary N) is 2. The zero-order valence-electron chi connectivity index (χ0n) is 15.1. The summed E-state index contributed by atoms with van der Waals surface area (Å²) < 4.78 is 16.3. The second-order valence-corrected chi connectivity index (χ2v) is 5.85. The average Bonchev–Trinajstić information content (AvgIpc) is 3.21. The predicted molar refractivity (Wildman–Crippen MR) is 101 cm³/mol. The minimum atomic E-state index is -0.567. The molecule has 1 aromatic heterocycles. The summed E-state index contributed by atoms with van der Waals surface area (Å²) in [5, 5.41) is 0. The van der Waals surface area contributed by atoms with E-state index >= 15 is 0 Å². The van der Waals surface area contributed by atoms with Crippen molar-refractivity contribution in [2.24, 2.45) is 0 Å². The van der Waals surface area contributed by atoms with Crippen molar-refractivity contribution in [2.45, 2.75) is 13.2 Å². The molecule has 0 unspecified atom stereocenters. The van der Waals surface area contributed by atoms with Crippen LogP contribution in [0, 0.1) is 0 Å². The number of carbonyl (C=O) groups excluding carboxylic acids is 2. The highest BCUT2D eigenvalue weighted by Crippen LogP contribution is 2.13. The predicted octanol–water partition coefficient (Wildman–Crippen LogP) is 2.84. The van der Waals surface area contributed by atoms with E-state index in [9.17, 15) is 9.59 Å². The van der Waals surface area contributed by atoms with Gasteiger partial charge in [-0.25, -0.2) is 0 Å². The number of furan rings is 1. The highest BCUT2D eigenvalue weighted by molar-refractivity contribution is 5.93. The van der Waals surface area contributed by atoms with Crippen LogP contribution in [0.15, 0.2) is 77.2 Å². The first-order valence-electron chi connectivity index (χ1n) is 8.68. The zero-order valence-corrected chi connectivity index (χ0v) is 15.1. The van der Waals surface area contributed by atoms with Crippen LogP contribution in [0.25, 0.3) is 0 Å². The molecule has 0 spiro atoms. The second-order valence-electron chi connectivity index (χ2n) is 5.85. The quantitative estimate of drug-likeness (QED) is 0.587. The number of amides is 2. The molecule has 0 aliphatic heterocycles. The Bertz CT molecular complexity index is 893. The Morgan fingerprint density at radius 2 is 1.54 bits per heavy atom. The van der Waals surface area contributed by atoms with Crippen LogP contribution in [0.2, 0.25) is 0 Å². The van der Waals surface area contributed by atoms with Gasteiger partial charge in [0, 0.05) is 0 Å². The molecule has 28 heavy (non-hydrogen) atoms. The van der Waals surface area contributed by atoms with E-state index in [1.165, 1.54) is 6.07 Å². The molecule has 0 saturated heterocycles. The fourth-order valence-electron chi connectivity index (χ4n) is 2.31. The fraction of sp³-hybridized carbons (Fsp3) is 0.143. The summed E-state index contributed by atoms with van der Waals surface area (Å²) in [6.07, 6.45) is 0. The Hall–Kier alpha value is -3.58. The first kappa shape index (κ1) is 19.2. The third-order valence-electron chi connectivity index (χ3n) is 3.67. The number of hydrogen-bond acceptors (Lipinski definition) is 5. The van der Waals surface area contributed by atoms with Crippen molar-refractivity contribution < 1.29 is 23.5 Å². The maximum absolute atomic E-state index is 12.0. The molecule has 2 N–H and O–H groups in total. The van der Waals surface area contributed by atoms with Gasteiger partial charge >= 0.3 is 5.91 Å². The number of benzene rings is 2. The molecule has 7 heteroatoms. The zero-order chi connectivity index (χ0) is 19.6. The van der Waals surface area contributed by atoms with E-state index in [0.717, 1.165) is 5.56 Å². The van der Waals surface area contributed by atoms with Gasteiger partial charge in [-0.15, -0.1) is 0 Å². The molecule has 144 valence electrons. The standard InChI is InChI=1S/C21H20N2O5/c24-20(15-26-13-16-7-3-1-4-8-16)22-23-21(25)19-12-11-18(28-19)14-27-17-9-5-2-6-10-17/h1-12H,13-15H2,(H,22,24)(H,23,25). The fourth-order valence-corrected chi connectivity index (χ4v) is 2.31. The van der Waals surface area contributed by atoms with Gasteiger partial charge in [-0.2, -0.15) is 0 Å². The minimum absolute atomic E-state index is 0.0668. The molecule has 0 saturated carbocycles. The van der Waals surface area contributed by atoms with Crippen LogP contribution in [-0.4, -0.2) is 18.4 Å². The van der Waals surface area contributed by atoms with Gasteiger partial charge < -0.3 is 13.9 Å². The van der Waals surface area contributed by atoms with Gasteiger partial charge in [0.05, 0.1) is 6.61 Å². The summed E-state index contributed by atoms with van der Waals surface area (Å²) in [5.74, 6) is 0.224. The monoisotopic (exact) mass is 380 g/mol. The minimum Gasteiger partial charge on any atom is -0.486 e. The van der Waals surface area contributed by atoms with Gasteiger partial charge in [0.1, 0.15) is 24.7 Å². The maximum Gasteiger partial charge on any atom is 0.305 e. The Labute approximate surface area is 162 Å². The topological polar surface area (TPSA) is 89.8 Å². The van der Waals surface area contributed by atoms with Crippen molar-refractivity contribution in [3.8, 4) is 5.75 Å². The molecule has 2 amide bonds. The molecule has 3 rings (SSSR count). The molecule has 0 atom stereocenters. The van der Waals surface area contributed by atoms with E-state index in [4.69, 9.17) is 13.9 Å². The van der Waals surface area contributed by atoms with Crippen LogP contribution < -0.4 is 15.6 Å². The van der Waals surface area contributed by atoms with E-state index in [2.05, 4.69) is 10.9 Å². The molecule has 1 heterocycles. The first-order chi connectivity index (χ1) is 13.7. The number of hydrazine groups is 1. The average molecular weight is 380 g/mol. The molecule has 0 aliphatic rings. The van der Waals surface area contributed by atoms with Gasteiger partial charge in [-0.05, 0) is 29.8 Å². The summed E-state index contributed by atoms with van der Waals surface area (Å²) in [4.78, 5) is 23.8. The highest BCUT2D eigenvalue weighted by atomic mass is 16.5. The summed E-state index contributed by atoms with van der Waals surface area (Å²) in [6.45, 7) is 0.325. The highest BCUT2D eigenvalue weighted by Gasteiger charge is 2.12. The molecule has 3 aromatic rings. The molecule has 0 fully saturated rings. The van der Waals surface area contributed by atoms with E-state index in [-0.39, 0.29) is 19.0 Å². The van der Waals surface area contributed by atoms with Gasteiger partial charge in [-0.1, -0.05) is 48.5 Å². The number of para-hydroxylation sites is 1. The Morgan fingerprint density at radius 1 is 0.821 bits per heavy atom. The van der Waals surface area contributed by atoms with Crippen molar-refractivity contribution >= 4 is 11.8 Å². The molecule has 0 aliphatic carbocycles. The Morgan fingerprint density at radius 3 is 2.29 bits per heavy atom. The molecular formula is C21H20N2O5. The molecule has 0 radical (unpaired) electrons. The lowest BCUT2D eigenvalue weighted by atomic mass is 10.2. The first-order valence-corrected chi connectivity index (χ1v) is 8.68. The third-order valence-corrected chi connectivity index (χ3v) is 3.67. The third kappa shape index (κ3) is 6.00. The van der Waals surface area contributed by atoms with Gasteiger partial charge in [0.15, 0.2) is 5.76 Å². The van der Waals surface area contributed by atoms with Crippen LogP contribution in [0.5, 0.6) is 5.75 Å². The summed E-state index contributed by atoms with van der Waals surface area (Å²) in [6, 6.07) is 21.9. The van der Waals surface area contributed by atoms with Crippen molar-refractivity contribution in [3.63, 3.8) is 0 Å². The van der Waals surface area contributed by atoms with Crippen molar-refractivity contribution in [2.75, 3.05) is 6.61 Å². The van der Waals surface area contributed by atoms with E-state index in [1.807, 2.05) is 60.7 Å². The molecular weight excluding hydrogens is 360 g/mol. The molecule has 2 aromatic carbocycles. The van der Waals surface area contributed by atoms with Gasteiger partial charge in [0.25, 0.3) is 5.91 Å². The van der Waals surface area contributed by atoms with Crippen LogP contribution >= 0.6 is 0 Å². The summed E-state index contributed by atoms with van der Waals surface area (Å²) >= 11 is 0. The van der Waals surface area contributed by atoms with E-state index < -0.39 is 11.8 Å². The smallest absolute Gasteiger partial charge is 0.305 e. The van der Waals surface area contributed by atoms with E-state index in [1.54, 1.807) is 6.07 Å². The van der Waals surface area contributed by atoms with Crippen LogP contribution in [-0.2, 0) is 22.7 Å². The SMILES string of the molecule is O=C(COCc1ccccc1)NNC(=O)c1ccc(COc2ccccc2)o1. The van der Waals surface area contributed by atoms with Crippen LogP contribution in [0.1, 0.15) is 21.9 Å². The number of hydrogen-bond donors (Lipinski definition) is 2. The van der Waals surface area contributed by atoms with Gasteiger partial charge in [-0.3, -0.25) is 20.4 Å². The molecule has 0 bridgehead atoms. The lowest BCUT2D eigenvalue weighted by molar-refractivity contribution is -0.126. The number of carbonyl (C=O) groups is 2. The second kappa shape index (κ2) is 9.94. The Balaban J connectivity index is 1.37.